The molecule has 4 nitrogen and oxygen atoms in total. The summed E-state index contributed by atoms with van der Waals surface area (Å²) in [5.74, 6) is 6.29. The molecule has 3 aromatic rings. The molecule has 0 aliphatic rings. The highest BCUT2D eigenvalue weighted by Crippen LogP contribution is 2.29. The van der Waals surface area contributed by atoms with E-state index in [1.807, 2.05) is 84.9 Å². The number of carbonyl (C=O) groups excluding carboxylic acids is 1. The summed E-state index contributed by atoms with van der Waals surface area (Å²) in [6, 6.07) is 25.8. The number of aliphatic hydroxyl groups excluding tert-OH is 1. The van der Waals surface area contributed by atoms with Gasteiger partial charge in [0.25, 0.3) is 0 Å². The minimum atomic E-state index is -0.953. The molecule has 0 saturated carbocycles. The lowest BCUT2D eigenvalue weighted by atomic mass is 9.94. The van der Waals surface area contributed by atoms with Crippen molar-refractivity contribution in [1.29, 1.82) is 0 Å². The van der Waals surface area contributed by atoms with Gasteiger partial charge in [-0.25, -0.2) is 4.79 Å². The summed E-state index contributed by atoms with van der Waals surface area (Å²) < 4.78 is 5.42. The number of ether oxygens (including phenoxy) is 1. The molecule has 3 rings (SSSR count). The topological polar surface area (TPSA) is 58.6 Å². The van der Waals surface area contributed by atoms with Crippen molar-refractivity contribution in [1.82, 2.24) is 5.32 Å². The fourth-order valence-corrected chi connectivity index (χ4v) is 3.10. The minimum absolute atomic E-state index is 0.590. The quantitative estimate of drug-likeness (QED) is 0.564. The molecule has 0 heterocycles. The van der Waals surface area contributed by atoms with E-state index in [4.69, 9.17) is 4.74 Å². The van der Waals surface area contributed by atoms with Gasteiger partial charge < -0.3 is 15.2 Å². The van der Waals surface area contributed by atoms with Crippen molar-refractivity contribution in [2.75, 3.05) is 0 Å². The Kier molecular flexibility index (Phi) is 7.12. The van der Waals surface area contributed by atoms with Gasteiger partial charge in [-0.3, -0.25) is 0 Å². The van der Waals surface area contributed by atoms with Crippen LogP contribution in [0.4, 0.5) is 4.79 Å². The Hall–Kier alpha value is -3.55. The van der Waals surface area contributed by atoms with Crippen molar-refractivity contribution in [3.8, 4) is 11.8 Å². The Morgan fingerprint density at radius 1 is 0.839 bits per heavy atom. The molecule has 1 amide bonds. The zero-order valence-corrected chi connectivity index (χ0v) is 18.0. The van der Waals surface area contributed by atoms with Gasteiger partial charge >= 0.3 is 6.09 Å². The average molecular weight is 414 g/mol. The molecule has 158 valence electrons. The number of amides is 1. The van der Waals surface area contributed by atoms with E-state index >= 15 is 0 Å². The van der Waals surface area contributed by atoms with E-state index in [9.17, 15) is 9.90 Å². The molecule has 0 bridgehead atoms. The monoisotopic (exact) mass is 413 g/mol. The number of nitrogens with one attached hydrogen (secondary N) is 1. The largest absolute Gasteiger partial charge is 0.444 e. The lowest BCUT2D eigenvalue weighted by molar-refractivity contribution is 0.0419. The molecule has 0 aliphatic carbocycles. The summed E-state index contributed by atoms with van der Waals surface area (Å²) in [6.07, 6.45) is -1.54. The number of rotatable bonds is 4. The van der Waals surface area contributed by atoms with Crippen LogP contribution in [0.2, 0.25) is 0 Å². The predicted molar refractivity (Wildman–Crippen MR) is 122 cm³/mol. The smallest absolute Gasteiger partial charge is 0.408 e. The van der Waals surface area contributed by atoms with Crippen LogP contribution in [0.25, 0.3) is 0 Å². The molecule has 0 fully saturated rings. The highest BCUT2D eigenvalue weighted by atomic mass is 16.6. The fourth-order valence-electron chi connectivity index (χ4n) is 3.10. The maximum Gasteiger partial charge on any atom is 0.408 e. The van der Waals surface area contributed by atoms with Crippen LogP contribution in [0.3, 0.4) is 0 Å². The molecule has 0 saturated heterocycles. The first-order chi connectivity index (χ1) is 14.8. The van der Waals surface area contributed by atoms with Crippen LogP contribution in [0, 0.1) is 11.8 Å². The fraction of sp³-hybridized carbons (Fsp3) is 0.222. The Morgan fingerprint density at radius 3 is 2.03 bits per heavy atom. The Balaban J connectivity index is 1.91. The standard InChI is InChI=1S/C27H27NO3/c1-27(2,3)31-26(30)28-24(25(29)22-14-8-5-9-15-22)23-16-10-13-21(19-23)18-17-20-11-6-4-7-12-20/h4-16,19,24-25,29H,1-3H3,(H,28,30)/t24?,25-/m0/s1. The second-order valence-corrected chi connectivity index (χ2v) is 8.22. The molecule has 0 aliphatic heterocycles. The van der Waals surface area contributed by atoms with E-state index in [-0.39, 0.29) is 0 Å². The van der Waals surface area contributed by atoms with Crippen LogP contribution in [0.5, 0.6) is 0 Å². The van der Waals surface area contributed by atoms with E-state index in [0.717, 1.165) is 16.7 Å². The van der Waals surface area contributed by atoms with E-state index in [1.165, 1.54) is 0 Å². The maximum absolute atomic E-state index is 12.5. The van der Waals surface area contributed by atoms with Crippen LogP contribution in [0.15, 0.2) is 84.9 Å². The molecule has 3 aromatic carbocycles. The lowest BCUT2D eigenvalue weighted by Crippen LogP contribution is -2.37. The van der Waals surface area contributed by atoms with Gasteiger partial charge in [0, 0.05) is 11.1 Å². The first kappa shape index (κ1) is 22.1. The number of benzene rings is 3. The Labute approximate surface area is 183 Å². The predicted octanol–water partition coefficient (Wildman–Crippen LogP) is 5.39. The van der Waals surface area contributed by atoms with E-state index in [2.05, 4.69) is 17.2 Å². The highest BCUT2D eigenvalue weighted by molar-refractivity contribution is 5.68. The maximum atomic E-state index is 12.5. The van der Waals surface area contributed by atoms with Gasteiger partial charge in [0.1, 0.15) is 11.7 Å². The molecule has 0 aromatic heterocycles. The van der Waals surface area contributed by atoms with Crippen LogP contribution < -0.4 is 5.32 Å². The molecular formula is C27H27NO3. The highest BCUT2D eigenvalue weighted by Gasteiger charge is 2.27. The number of alkyl carbamates (subject to hydrolysis) is 1. The third-order valence-electron chi connectivity index (χ3n) is 4.50. The van der Waals surface area contributed by atoms with Gasteiger partial charge in [-0.1, -0.05) is 72.5 Å². The van der Waals surface area contributed by atoms with Gasteiger partial charge in [0.15, 0.2) is 0 Å². The van der Waals surface area contributed by atoms with Crippen molar-refractivity contribution in [3.05, 3.63) is 107 Å². The zero-order valence-electron chi connectivity index (χ0n) is 18.0. The third-order valence-corrected chi connectivity index (χ3v) is 4.50. The van der Waals surface area contributed by atoms with Crippen molar-refractivity contribution < 1.29 is 14.6 Å². The minimum Gasteiger partial charge on any atom is -0.444 e. The molecule has 4 heteroatoms. The number of hydrogen-bond donors (Lipinski definition) is 2. The zero-order chi connectivity index (χ0) is 22.3. The van der Waals surface area contributed by atoms with E-state index < -0.39 is 23.8 Å². The molecule has 0 spiro atoms. The molecule has 1 unspecified atom stereocenters. The van der Waals surface area contributed by atoms with E-state index in [0.29, 0.717) is 5.56 Å². The molecule has 2 atom stereocenters. The van der Waals surface area contributed by atoms with Crippen molar-refractivity contribution in [3.63, 3.8) is 0 Å². The summed E-state index contributed by atoms with van der Waals surface area (Å²) in [7, 11) is 0. The molecule has 2 N–H and O–H groups in total. The van der Waals surface area contributed by atoms with Crippen LogP contribution >= 0.6 is 0 Å². The lowest BCUT2D eigenvalue weighted by Gasteiger charge is -2.27. The molecular weight excluding hydrogens is 386 g/mol. The summed E-state index contributed by atoms with van der Waals surface area (Å²) in [5.41, 5.74) is 2.50. The van der Waals surface area contributed by atoms with Crippen LogP contribution in [-0.4, -0.2) is 16.8 Å². The third kappa shape index (κ3) is 6.74. The van der Waals surface area contributed by atoms with Crippen LogP contribution in [-0.2, 0) is 4.74 Å². The first-order valence-electron chi connectivity index (χ1n) is 10.2. The second-order valence-electron chi connectivity index (χ2n) is 8.22. The summed E-state index contributed by atoms with van der Waals surface area (Å²) in [4.78, 5) is 12.5. The number of hydrogen-bond acceptors (Lipinski definition) is 3. The second kappa shape index (κ2) is 9.97. The molecule has 31 heavy (non-hydrogen) atoms. The van der Waals surface area contributed by atoms with Gasteiger partial charge in [-0.15, -0.1) is 0 Å². The number of aliphatic hydroxyl groups is 1. The summed E-state index contributed by atoms with van der Waals surface area (Å²) in [5, 5.41) is 13.9. The van der Waals surface area contributed by atoms with Gasteiger partial charge in [-0.05, 0) is 56.2 Å². The van der Waals surface area contributed by atoms with Crippen molar-refractivity contribution >= 4 is 6.09 Å². The average Bonchev–Trinajstić information content (AvgIpc) is 2.76. The first-order valence-corrected chi connectivity index (χ1v) is 10.2. The Morgan fingerprint density at radius 2 is 1.39 bits per heavy atom. The van der Waals surface area contributed by atoms with Crippen molar-refractivity contribution in [2.24, 2.45) is 0 Å². The summed E-state index contributed by atoms with van der Waals surface area (Å²) in [6.45, 7) is 5.40. The normalized spacial score (nSPS) is 12.8. The van der Waals surface area contributed by atoms with E-state index in [1.54, 1.807) is 20.8 Å². The molecule has 0 radical (unpaired) electrons. The van der Waals surface area contributed by atoms with Crippen LogP contribution in [0.1, 0.15) is 55.2 Å². The van der Waals surface area contributed by atoms with Crippen molar-refractivity contribution in [2.45, 2.75) is 38.5 Å². The number of carbonyl (C=O) groups is 1. The summed E-state index contributed by atoms with van der Waals surface area (Å²) >= 11 is 0. The Bertz CT molecular complexity index is 1060. The van der Waals surface area contributed by atoms with Gasteiger partial charge in [0.2, 0.25) is 0 Å². The van der Waals surface area contributed by atoms with Gasteiger partial charge in [0.05, 0.1) is 6.04 Å². The SMILES string of the molecule is CC(C)(C)OC(=O)NC(c1cccc(C#Cc2ccccc2)c1)[C@@H](O)c1ccccc1. The van der Waals surface area contributed by atoms with Gasteiger partial charge in [-0.2, -0.15) is 0 Å².